The van der Waals surface area contributed by atoms with E-state index < -0.39 is 0 Å². The molecular formula is C24H38N2O4S2. The number of nitrogens with two attached hydrogens (primary N) is 2. The molecule has 180 valence electrons. The summed E-state index contributed by atoms with van der Waals surface area (Å²) >= 11 is 3.38. The predicted octanol–water partition coefficient (Wildman–Crippen LogP) is 4.63. The number of methoxy groups -OCH3 is 3. The lowest BCUT2D eigenvalue weighted by atomic mass is 10.1. The molecule has 32 heavy (non-hydrogen) atoms. The Hall–Kier alpha value is -1.74. The van der Waals surface area contributed by atoms with Crippen molar-refractivity contribution in [1.29, 1.82) is 0 Å². The molecule has 0 radical (unpaired) electrons. The van der Waals surface area contributed by atoms with Crippen LogP contribution in [0.25, 0.3) is 0 Å². The molecule has 0 saturated carbocycles. The fourth-order valence-corrected chi connectivity index (χ4v) is 4.61. The molecule has 2 rings (SSSR count). The van der Waals surface area contributed by atoms with E-state index >= 15 is 0 Å². The molecule has 0 bridgehead atoms. The summed E-state index contributed by atoms with van der Waals surface area (Å²) in [4.78, 5) is 2.16. The molecule has 0 amide bonds. The monoisotopic (exact) mass is 482 g/mol. The molecular weight excluding hydrogens is 444 g/mol. The molecule has 0 unspecified atom stereocenters. The van der Waals surface area contributed by atoms with E-state index in [0.717, 1.165) is 56.9 Å². The first-order valence-electron chi connectivity index (χ1n) is 10.7. The van der Waals surface area contributed by atoms with Gasteiger partial charge in [-0.15, -0.1) is 23.5 Å². The van der Waals surface area contributed by atoms with Gasteiger partial charge in [0.25, 0.3) is 0 Å². The third-order valence-corrected chi connectivity index (χ3v) is 6.19. The quantitative estimate of drug-likeness (QED) is 0.423. The summed E-state index contributed by atoms with van der Waals surface area (Å²) in [5.41, 5.74) is 13.5. The molecule has 2 aromatic carbocycles. The maximum absolute atomic E-state index is 5.67. The molecule has 0 aliphatic heterocycles. The summed E-state index contributed by atoms with van der Waals surface area (Å²) in [5, 5.41) is 0. The number of benzene rings is 2. The van der Waals surface area contributed by atoms with Crippen LogP contribution in [0.2, 0.25) is 0 Å². The lowest BCUT2D eigenvalue weighted by Gasteiger charge is -2.15. The Kier molecular flexibility index (Phi) is 14.1. The van der Waals surface area contributed by atoms with E-state index in [4.69, 9.17) is 30.4 Å². The SMILES string of the molecule is CCOc1c(OC)cc(CCN)cc1SCC.COc1cc(CCN)cc(OC)c1SC. The third-order valence-electron chi connectivity index (χ3n) is 4.48. The second-order valence-corrected chi connectivity index (χ2v) is 8.72. The van der Waals surface area contributed by atoms with Crippen LogP contribution in [-0.4, -0.2) is 53.0 Å². The normalized spacial score (nSPS) is 10.2. The van der Waals surface area contributed by atoms with E-state index in [1.165, 1.54) is 5.56 Å². The zero-order valence-corrected chi connectivity index (χ0v) is 21.8. The Labute approximate surface area is 201 Å². The van der Waals surface area contributed by atoms with Gasteiger partial charge in [-0.3, -0.25) is 0 Å². The molecule has 8 heteroatoms. The smallest absolute Gasteiger partial charge is 0.174 e. The van der Waals surface area contributed by atoms with E-state index in [1.807, 2.05) is 31.4 Å². The summed E-state index contributed by atoms with van der Waals surface area (Å²) in [6.07, 6.45) is 3.70. The van der Waals surface area contributed by atoms with Gasteiger partial charge in [-0.2, -0.15) is 0 Å². The highest BCUT2D eigenvalue weighted by atomic mass is 32.2. The van der Waals surface area contributed by atoms with E-state index in [1.54, 1.807) is 44.9 Å². The fourth-order valence-electron chi connectivity index (χ4n) is 3.09. The highest BCUT2D eigenvalue weighted by Gasteiger charge is 2.13. The van der Waals surface area contributed by atoms with Crippen LogP contribution in [0, 0.1) is 0 Å². The zero-order chi connectivity index (χ0) is 23.9. The van der Waals surface area contributed by atoms with Gasteiger partial charge in [0.15, 0.2) is 11.5 Å². The minimum absolute atomic E-state index is 0.630. The third kappa shape index (κ3) is 8.31. The second-order valence-electron chi connectivity index (χ2n) is 6.60. The van der Waals surface area contributed by atoms with Gasteiger partial charge in [0.1, 0.15) is 11.5 Å². The standard InChI is InChI=1S/C13H21NO2S.C11H17NO2S/c1-4-16-13-11(15-3)8-10(6-7-14)9-12(13)17-5-2;1-13-9-6-8(4-5-12)7-10(14-2)11(9)15-3/h8-9H,4-7,14H2,1-3H3;6-7H,4-5,12H2,1-3H3. The summed E-state index contributed by atoms with van der Waals surface area (Å²) < 4.78 is 21.7. The Morgan fingerprint density at radius 3 is 1.69 bits per heavy atom. The molecule has 0 aromatic heterocycles. The highest BCUT2D eigenvalue weighted by Crippen LogP contribution is 2.39. The molecule has 4 N–H and O–H groups in total. The van der Waals surface area contributed by atoms with E-state index in [-0.39, 0.29) is 0 Å². The zero-order valence-electron chi connectivity index (χ0n) is 20.2. The van der Waals surface area contributed by atoms with Crippen molar-refractivity contribution < 1.29 is 18.9 Å². The topological polar surface area (TPSA) is 89.0 Å². The Bertz CT molecular complexity index is 794. The Morgan fingerprint density at radius 1 is 0.781 bits per heavy atom. The fraction of sp³-hybridized carbons (Fsp3) is 0.500. The summed E-state index contributed by atoms with van der Waals surface area (Å²) in [6, 6.07) is 8.19. The number of ether oxygens (including phenoxy) is 4. The summed E-state index contributed by atoms with van der Waals surface area (Å²) in [7, 11) is 5.01. The molecule has 6 nitrogen and oxygen atoms in total. The largest absolute Gasteiger partial charge is 0.495 e. The molecule has 0 atom stereocenters. The number of thioether (sulfide) groups is 2. The molecule has 0 fully saturated rings. The van der Waals surface area contributed by atoms with Gasteiger partial charge in [0.05, 0.1) is 37.7 Å². The van der Waals surface area contributed by atoms with Crippen LogP contribution in [0.4, 0.5) is 0 Å². The van der Waals surface area contributed by atoms with Crippen molar-refractivity contribution in [2.24, 2.45) is 11.5 Å². The average molecular weight is 483 g/mol. The van der Waals surface area contributed by atoms with Crippen molar-refractivity contribution in [1.82, 2.24) is 0 Å². The molecule has 0 heterocycles. The van der Waals surface area contributed by atoms with Gasteiger partial charge in [-0.1, -0.05) is 6.92 Å². The molecule has 0 aliphatic rings. The van der Waals surface area contributed by atoms with Gasteiger partial charge in [0.2, 0.25) is 0 Å². The van der Waals surface area contributed by atoms with E-state index in [9.17, 15) is 0 Å². The number of hydrogen-bond donors (Lipinski definition) is 2. The first kappa shape index (κ1) is 28.3. The minimum Gasteiger partial charge on any atom is -0.495 e. The van der Waals surface area contributed by atoms with Gasteiger partial charge in [0, 0.05) is 0 Å². The van der Waals surface area contributed by atoms with Gasteiger partial charge in [-0.25, -0.2) is 0 Å². The molecule has 0 saturated heterocycles. The number of hydrogen-bond acceptors (Lipinski definition) is 8. The van der Waals surface area contributed by atoms with Crippen LogP contribution < -0.4 is 30.4 Å². The highest BCUT2D eigenvalue weighted by molar-refractivity contribution is 7.99. The van der Waals surface area contributed by atoms with Crippen LogP contribution >= 0.6 is 23.5 Å². The van der Waals surface area contributed by atoms with E-state index in [0.29, 0.717) is 19.7 Å². The maximum atomic E-state index is 5.67. The van der Waals surface area contributed by atoms with Crippen LogP contribution in [0.1, 0.15) is 25.0 Å². The first-order chi connectivity index (χ1) is 15.5. The molecule has 0 aliphatic carbocycles. The van der Waals surface area contributed by atoms with Gasteiger partial charge >= 0.3 is 0 Å². The summed E-state index contributed by atoms with van der Waals surface area (Å²) in [6.45, 7) is 6.03. The van der Waals surface area contributed by atoms with Crippen LogP contribution in [0.3, 0.4) is 0 Å². The van der Waals surface area contributed by atoms with Gasteiger partial charge < -0.3 is 30.4 Å². The second kappa shape index (κ2) is 16.0. The average Bonchev–Trinajstić information content (AvgIpc) is 2.80. The maximum Gasteiger partial charge on any atom is 0.174 e. The van der Waals surface area contributed by atoms with Gasteiger partial charge in [-0.05, 0) is 80.3 Å². The van der Waals surface area contributed by atoms with Crippen molar-refractivity contribution in [3.8, 4) is 23.0 Å². The first-order valence-corrected chi connectivity index (χ1v) is 12.9. The van der Waals surface area contributed by atoms with Crippen molar-refractivity contribution in [3.63, 3.8) is 0 Å². The minimum atomic E-state index is 0.630. The summed E-state index contributed by atoms with van der Waals surface area (Å²) in [5.74, 6) is 4.36. The lowest BCUT2D eigenvalue weighted by molar-refractivity contribution is 0.303. The Balaban J connectivity index is 0.000000323. The van der Waals surface area contributed by atoms with Crippen molar-refractivity contribution in [3.05, 3.63) is 35.4 Å². The van der Waals surface area contributed by atoms with Crippen molar-refractivity contribution in [2.45, 2.75) is 36.5 Å². The van der Waals surface area contributed by atoms with Crippen LogP contribution in [0.15, 0.2) is 34.1 Å². The number of rotatable bonds is 12. The van der Waals surface area contributed by atoms with Crippen molar-refractivity contribution in [2.75, 3.05) is 53.0 Å². The predicted molar refractivity (Wildman–Crippen MR) is 137 cm³/mol. The Morgan fingerprint density at radius 2 is 1.28 bits per heavy atom. The molecule has 0 spiro atoms. The van der Waals surface area contributed by atoms with Crippen LogP contribution in [0.5, 0.6) is 23.0 Å². The lowest BCUT2D eigenvalue weighted by Crippen LogP contribution is -2.04. The van der Waals surface area contributed by atoms with Crippen LogP contribution in [-0.2, 0) is 12.8 Å². The van der Waals surface area contributed by atoms with E-state index in [2.05, 4.69) is 13.0 Å². The molecule has 2 aromatic rings. The van der Waals surface area contributed by atoms with Crippen molar-refractivity contribution >= 4 is 23.5 Å².